The molecule has 4 heteroatoms. The van der Waals surface area contributed by atoms with Crippen molar-refractivity contribution in [1.82, 2.24) is 0 Å². The van der Waals surface area contributed by atoms with Gasteiger partial charge < -0.3 is 15.2 Å². The highest BCUT2D eigenvalue weighted by Crippen LogP contribution is 2.48. The Morgan fingerprint density at radius 1 is 1.22 bits per heavy atom. The minimum absolute atomic E-state index is 0.210. The number of halogens is 1. The topological polar surface area (TPSA) is 44.5 Å². The Morgan fingerprint density at radius 3 is 2.39 bits per heavy atom. The lowest BCUT2D eigenvalue weighted by Gasteiger charge is -2.31. The highest BCUT2D eigenvalue weighted by molar-refractivity contribution is 5.51. The Hall–Kier alpha value is -1.29. The van der Waals surface area contributed by atoms with Crippen molar-refractivity contribution in [3.8, 4) is 11.5 Å². The zero-order valence-corrected chi connectivity index (χ0v) is 11.0. The Bertz CT molecular complexity index is 428. The number of benzene rings is 1. The molecule has 0 aliphatic heterocycles. The maximum absolute atomic E-state index is 13.9. The van der Waals surface area contributed by atoms with Gasteiger partial charge in [0.1, 0.15) is 5.75 Å². The highest BCUT2D eigenvalue weighted by atomic mass is 19.1. The smallest absolute Gasteiger partial charge is 0.165 e. The van der Waals surface area contributed by atoms with Crippen LogP contribution in [0.1, 0.15) is 31.2 Å². The van der Waals surface area contributed by atoms with Gasteiger partial charge in [-0.1, -0.05) is 12.8 Å². The fourth-order valence-electron chi connectivity index (χ4n) is 3.02. The SMILES string of the molecule is COc1ccc(F)c(OC)c1C1(CN)CCCC1. The Labute approximate surface area is 107 Å². The molecule has 0 radical (unpaired) electrons. The first-order valence-electron chi connectivity index (χ1n) is 6.29. The molecule has 0 bridgehead atoms. The van der Waals surface area contributed by atoms with Crippen LogP contribution in [-0.2, 0) is 5.41 Å². The molecule has 0 aromatic heterocycles. The van der Waals surface area contributed by atoms with Gasteiger partial charge >= 0.3 is 0 Å². The van der Waals surface area contributed by atoms with Gasteiger partial charge in [0.05, 0.1) is 14.2 Å². The number of nitrogens with two attached hydrogens (primary N) is 1. The van der Waals surface area contributed by atoms with Gasteiger partial charge in [0.25, 0.3) is 0 Å². The van der Waals surface area contributed by atoms with Gasteiger partial charge in [0.2, 0.25) is 0 Å². The van der Waals surface area contributed by atoms with E-state index in [9.17, 15) is 4.39 Å². The zero-order chi connectivity index (χ0) is 13.2. The first kappa shape index (κ1) is 13.1. The summed E-state index contributed by atoms with van der Waals surface area (Å²) < 4.78 is 24.5. The number of ether oxygens (including phenoxy) is 2. The van der Waals surface area contributed by atoms with Gasteiger partial charge in [-0.05, 0) is 25.0 Å². The maximum atomic E-state index is 13.9. The van der Waals surface area contributed by atoms with E-state index in [1.54, 1.807) is 13.2 Å². The molecule has 2 N–H and O–H groups in total. The van der Waals surface area contributed by atoms with Crippen LogP contribution in [0.2, 0.25) is 0 Å². The second-order valence-corrected chi connectivity index (χ2v) is 4.85. The summed E-state index contributed by atoms with van der Waals surface area (Å²) in [5.41, 5.74) is 6.55. The predicted molar refractivity (Wildman–Crippen MR) is 68.7 cm³/mol. The first-order chi connectivity index (χ1) is 8.68. The second kappa shape index (κ2) is 5.14. The molecular formula is C14H20FNO2. The van der Waals surface area contributed by atoms with Crippen molar-refractivity contribution in [2.75, 3.05) is 20.8 Å². The van der Waals surface area contributed by atoms with Crippen LogP contribution in [0.25, 0.3) is 0 Å². The average Bonchev–Trinajstić information content (AvgIpc) is 2.88. The van der Waals surface area contributed by atoms with E-state index in [2.05, 4.69) is 0 Å². The van der Waals surface area contributed by atoms with Crippen LogP contribution in [0.15, 0.2) is 12.1 Å². The summed E-state index contributed by atoms with van der Waals surface area (Å²) in [4.78, 5) is 0. The molecule has 1 aromatic rings. The van der Waals surface area contributed by atoms with E-state index < -0.39 is 0 Å². The fraction of sp³-hybridized carbons (Fsp3) is 0.571. The Kier molecular flexibility index (Phi) is 3.76. The van der Waals surface area contributed by atoms with Crippen LogP contribution >= 0.6 is 0 Å². The van der Waals surface area contributed by atoms with Gasteiger partial charge in [0.15, 0.2) is 11.6 Å². The second-order valence-electron chi connectivity index (χ2n) is 4.85. The fourth-order valence-corrected chi connectivity index (χ4v) is 3.02. The Morgan fingerprint density at radius 2 is 1.89 bits per heavy atom. The lowest BCUT2D eigenvalue weighted by Crippen LogP contribution is -2.33. The number of hydrogen-bond acceptors (Lipinski definition) is 3. The molecule has 0 spiro atoms. The van der Waals surface area contributed by atoms with Crippen LogP contribution in [0.5, 0.6) is 11.5 Å². The van der Waals surface area contributed by atoms with E-state index in [1.807, 2.05) is 0 Å². The van der Waals surface area contributed by atoms with Gasteiger partial charge in [-0.15, -0.1) is 0 Å². The molecule has 18 heavy (non-hydrogen) atoms. The number of hydrogen-bond donors (Lipinski definition) is 1. The van der Waals surface area contributed by atoms with Crippen molar-refractivity contribution < 1.29 is 13.9 Å². The standard InChI is InChI=1S/C14H20FNO2/c1-17-11-6-5-10(15)13(18-2)12(11)14(9-16)7-3-4-8-14/h5-6H,3-4,7-9,16H2,1-2H3. The summed E-state index contributed by atoms with van der Waals surface area (Å²) in [6, 6.07) is 3.03. The molecule has 0 amide bonds. The number of methoxy groups -OCH3 is 2. The van der Waals surface area contributed by atoms with Gasteiger partial charge in [-0.25, -0.2) is 4.39 Å². The average molecular weight is 253 g/mol. The van der Waals surface area contributed by atoms with Crippen molar-refractivity contribution in [3.05, 3.63) is 23.5 Å². The normalized spacial score (nSPS) is 17.8. The third-order valence-corrected chi connectivity index (χ3v) is 3.98. The minimum atomic E-state index is -0.354. The third kappa shape index (κ3) is 1.94. The molecule has 2 rings (SSSR count). The quantitative estimate of drug-likeness (QED) is 0.897. The van der Waals surface area contributed by atoms with Crippen molar-refractivity contribution in [3.63, 3.8) is 0 Å². The van der Waals surface area contributed by atoms with Crippen molar-refractivity contribution in [2.45, 2.75) is 31.1 Å². The Balaban J connectivity index is 2.62. The van der Waals surface area contributed by atoms with E-state index in [0.717, 1.165) is 31.2 Å². The van der Waals surface area contributed by atoms with E-state index in [4.69, 9.17) is 15.2 Å². The summed E-state index contributed by atoms with van der Waals surface area (Å²) in [6.45, 7) is 0.489. The van der Waals surface area contributed by atoms with Crippen LogP contribution in [0.3, 0.4) is 0 Å². The van der Waals surface area contributed by atoms with E-state index in [1.165, 1.54) is 13.2 Å². The molecule has 1 aliphatic rings. The minimum Gasteiger partial charge on any atom is -0.496 e. The zero-order valence-electron chi connectivity index (χ0n) is 11.0. The molecule has 100 valence electrons. The molecule has 0 atom stereocenters. The summed E-state index contributed by atoms with van der Waals surface area (Å²) in [5.74, 6) is 0.593. The number of rotatable bonds is 4. The van der Waals surface area contributed by atoms with Crippen LogP contribution in [-0.4, -0.2) is 20.8 Å². The molecular weight excluding hydrogens is 233 g/mol. The maximum Gasteiger partial charge on any atom is 0.165 e. The van der Waals surface area contributed by atoms with Gasteiger partial charge in [0, 0.05) is 17.5 Å². The molecule has 0 heterocycles. The van der Waals surface area contributed by atoms with Crippen molar-refractivity contribution in [1.29, 1.82) is 0 Å². The first-order valence-corrected chi connectivity index (χ1v) is 6.29. The molecule has 1 aromatic carbocycles. The third-order valence-electron chi connectivity index (χ3n) is 3.98. The molecule has 1 fully saturated rings. The summed E-state index contributed by atoms with van der Waals surface area (Å²) in [5, 5.41) is 0. The van der Waals surface area contributed by atoms with E-state index in [-0.39, 0.29) is 17.0 Å². The molecule has 0 saturated heterocycles. The molecule has 1 aliphatic carbocycles. The molecule has 1 saturated carbocycles. The van der Waals surface area contributed by atoms with Gasteiger partial charge in [-0.3, -0.25) is 0 Å². The highest BCUT2D eigenvalue weighted by Gasteiger charge is 2.40. The summed E-state index contributed by atoms with van der Waals surface area (Å²) >= 11 is 0. The molecule has 0 unspecified atom stereocenters. The predicted octanol–water partition coefficient (Wildman–Crippen LogP) is 2.61. The van der Waals surface area contributed by atoms with Gasteiger partial charge in [-0.2, -0.15) is 0 Å². The lowest BCUT2D eigenvalue weighted by atomic mass is 9.77. The monoisotopic (exact) mass is 253 g/mol. The van der Waals surface area contributed by atoms with E-state index >= 15 is 0 Å². The largest absolute Gasteiger partial charge is 0.496 e. The lowest BCUT2D eigenvalue weighted by molar-refractivity contribution is 0.332. The van der Waals surface area contributed by atoms with Crippen LogP contribution < -0.4 is 15.2 Å². The van der Waals surface area contributed by atoms with Crippen LogP contribution in [0, 0.1) is 5.82 Å². The van der Waals surface area contributed by atoms with Crippen molar-refractivity contribution in [2.24, 2.45) is 5.73 Å². The van der Waals surface area contributed by atoms with E-state index in [0.29, 0.717) is 12.3 Å². The molecule has 3 nitrogen and oxygen atoms in total. The summed E-state index contributed by atoms with van der Waals surface area (Å²) in [6.07, 6.45) is 4.14. The summed E-state index contributed by atoms with van der Waals surface area (Å²) in [7, 11) is 3.08. The van der Waals surface area contributed by atoms with Crippen LogP contribution in [0.4, 0.5) is 4.39 Å². The van der Waals surface area contributed by atoms with Crippen molar-refractivity contribution >= 4 is 0 Å².